The van der Waals surface area contributed by atoms with Crippen molar-refractivity contribution in [3.63, 3.8) is 0 Å². The number of carbonyl (C=O) groups is 3. The maximum atomic E-state index is 12.6. The first-order valence-corrected chi connectivity index (χ1v) is 8.44. The third kappa shape index (κ3) is 3.32. The molecule has 0 bridgehead atoms. The summed E-state index contributed by atoms with van der Waals surface area (Å²) >= 11 is 0. The molecule has 1 aromatic rings. The fourth-order valence-electron chi connectivity index (χ4n) is 3.03. The number of aryl methyl sites for hydroxylation is 2. The summed E-state index contributed by atoms with van der Waals surface area (Å²) in [5, 5.41) is 17.5. The molecule has 138 valence electrons. The number of carbonyl (C=O) groups excluding carboxylic acids is 2. The van der Waals surface area contributed by atoms with Crippen LogP contribution in [-0.4, -0.2) is 47.4 Å². The number of nitrogens with one attached hydrogen (secondary N) is 1. The molecule has 0 aliphatic carbocycles. The Morgan fingerprint density at radius 1 is 1.31 bits per heavy atom. The van der Waals surface area contributed by atoms with E-state index in [1.54, 1.807) is 0 Å². The van der Waals surface area contributed by atoms with Gasteiger partial charge < -0.3 is 15.2 Å². The van der Waals surface area contributed by atoms with Crippen LogP contribution in [0.1, 0.15) is 30.4 Å². The molecule has 1 unspecified atom stereocenters. The molecule has 1 aromatic carbocycles. The van der Waals surface area contributed by atoms with Gasteiger partial charge in [0.2, 0.25) is 5.91 Å². The fourth-order valence-corrected chi connectivity index (χ4v) is 3.03. The Labute approximate surface area is 150 Å². The standard InChI is InChI=1S/C18H21N3O5/c1-11-3-4-12(2)14(9-11)21-15(22)6-5-13(20-21)16(23)19-18(17(24)25)7-8-26-10-18/h3-4,9H,5-8,10H2,1-2H3,(H,19,23)(H,24,25). The van der Waals surface area contributed by atoms with E-state index < -0.39 is 17.4 Å². The normalized spacial score (nSPS) is 22.9. The molecular weight excluding hydrogens is 338 g/mol. The summed E-state index contributed by atoms with van der Waals surface area (Å²) in [6.07, 6.45) is 0.500. The highest BCUT2D eigenvalue weighted by atomic mass is 16.5. The van der Waals surface area contributed by atoms with Crippen LogP contribution in [0.4, 0.5) is 5.69 Å². The van der Waals surface area contributed by atoms with Gasteiger partial charge in [-0.15, -0.1) is 0 Å². The minimum atomic E-state index is -1.44. The van der Waals surface area contributed by atoms with Crippen molar-refractivity contribution in [2.75, 3.05) is 18.2 Å². The van der Waals surface area contributed by atoms with Crippen LogP contribution in [0.25, 0.3) is 0 Å². The van der Waals surface area contributed by atoms with Gasteiger partial charge in [0.1, 0.15) is 5.71 Å². The van der Waals surface area contributed by atoms with Gasteiger partial charge in [0, 0.05) is 25.9 Å². The molecule has 2 heterocycles. The summed E-state index contributed by atoms with van der Waals surface area (Å²) in [5.41, 5.74) is 1.15. The SMILES string of the molecule is Cc1ccc(C)c(N2N=C(C(=O)NC3(C(=O)O)CCOC3)CCC2=O)c1. The third-order valence-electron chi connectivity index (χ3n) is 4.67. The minimum Gasteiger partial charge on any atom is -0.479 e. The first kappa shape index (κ1) is 18.1. The van der Waals surface area contributed by atoms with Gasteiger partial charge in [-0.05, 0) is 31.0 Å². The molecule has 0 aromatic heterocycles. The first-order chi connectivity index (χ1) is 12.3. The Kier molecular flexibility index (Phi) is 4.78. The zero-order chi connectivity index (χ0) is 18.9. The van der Waals surface area contributed by atoms with Gasteiger partial charge in [0.15, 0.2) is 5.54 Å². The molecule has 2 aliphatic rings. The van der Waals surface area contributed by atoms with Crippen LogP contribution < -0.4 is 10.3 Å². The number of carboxylic acids is 1. The number of nitrogens with zero attached hydrogens (tertiary/aromatic N) is 2. The van der Waals surface area contributed by atoms with Crippen molar-refractivity contribution in [3.05, 3.63) is 29.3 Å². The number of hydrogen-bond acceptors (Lipinski definition) is 5. The molecule has 1 atom stereocenters. The summed E-state index contributed by atoms with van der Waals surface area (Å²) in [6, 6.07) is 5.65. The van der Waals surface area contributed by atoms with E-state index in [0.717, 1.165) is 11.1 Å². The van der Waals surface area contributed by atoms with E-state index >= 15 is 0 Å². The Balaban J connectivity index is 1.87. The first-order valence-electron chi connectivity index (χ1n) is 8.44. The number of benzene rings is 1. The van der Waals surface area contributed by atoms with Crippen LogP contribution in [0.5, 0.6) is 0 Å². The molecule has 8 heteroatoms. The Morgan fingerprint density at radius 3 is 2.73 bits per heavy atom. The molecule has 2 aliphatic heterocycles. The lowest BCUT2D eigenvalue weighted by Gasteiger charge is -2.27. The van der Waals surface area contributed by atoms with Crippen LogP contribution in [0.15, 0.2) is 23.3 Å². The number of amides is 2. The molecule has 8 nitrogen and oxygen atoms in total. The number of anilines is 1. The van der Waals surface area contributed by atoms with Crippen molar-refractivity contribution in [3.8, 4) is 0 Å². The van der Waals surface area contributed by atoms with Gasteiger partial charge in [0.05, 0.1) is 12.3 Å². The Hall–Kier alpha value is -2.74. The smallest absolute Gasteiger partial charge is 0.331 e. The maximum absolute atomic E-state index is 12.6. The van der Waals surface area contributed by atoms with E-state index in [4.69, 9.17) is 4.74 Å². The predicted molar refractivity (Wildman–Crippen MR) is 94.0 cm³/mol. The van der Waals surface area contributed by atoms with Crippen LogP contribution in [-0.2, 0) is 19.1 Å². The summed E-state index contributed by atoms with van der Waals surface area (Å²) in [4.78, 5) is 36.5. The average molecular weight is 359 g/mol. The van der Waals surface area contributed by atoms with Crippen LogP contribution >= 0.6 is 0 Å². The van der Waals surface area contributed by atoms with Crippen molar-refractivity contribution in [2.45, 2.75) is 38.6 Å². The van der Waals surface area contributed by atoms with Crippen molar-refractivity contribution >= 4 is 29.2 Å². The lowest BCUT2D eigenvalue weighted by Crippen LogP contribution is -2.57. The van der Waals surface area contributed by atoms with Gasteiger partial charge in [-0.1, -0.05) is 12.1 Å². The number of hydrogen-bond donors (Lipinski definition) is 2. The van der Waals surface area contributed by atoms with Crippen molar-refractivity contribution in [1.29, 1.82) is 0 Å². The molecule has 1 saturated heterocycles. The quantitative estimate of drug-likeness (QED) is 0.838. The highest BCUT2D eigenvalue weighted by molar-refractivity contribution is 6.40. The molecular formula is C18H21N3O5. The highest BCUT2D eigenvalue weighted by Gasteiger charge is 2.45. The molecule has 2 N–H and O–H groups in total. The summed E-state index contributed by atoms with van der Waals surface area (Å²) in [6.45, 7) is 3.96. The molecule has 2 amide bonds. The van der Waals surface area contributed by atoms with Crippen LogP contribution in [0.3, 0.4) is 0 Å². The number of ether oxygens (including phenoxy) is 1. The number of hydrazone groups is 1. The predicted octanol–water partition coefficient (Wildman–Crippen LogP) is 1.15. The Morgan fingerprint density at radius 2 is 2.08 bits per heavy atom. The molecule has 26 heavy (non-hydrogen) atoms. The monoisotopic (exact) mass is 359 g/mol. The topological polar surface area (TPSA) is 108 Å². The second-order valence-electron chi connectivity index (χ2n) is 6.69. The molecule has 0 spiro atoms. The number of rotatable bonds is 4. The summed E-state index contributed by atoms with van der Waals surface area (Å²) < 4.78 is 5.15. The average Bonchev–Trinajstić information content (AvgIpc) is 3.07. The van der Waals surface area contributed by atoms with Gasteiger partial charge in [0.25, 0.3) is 5.91 Å². The van der Waals surface area contributed by atoms with Gasteiger partial charge in [-0.3, -0.25) is 9.59 Å². The fraction of sp³-hybridized carbons (Fsp3) is 0.444. The second kappa shape index (κ2) is 6.87. The third-order valence-corrected chi connectivity index (χ3v) is 4.67. The van der Waals surface area contributed by atoms with Gasteiger partial charge in [-0.2, -0.15) is 5.10 Å². The molecule has 0 radical (unpaired) electrons. The van der Waals surface area contributed by atoms with Crippen molar-refractivity contribution < 1.29 is 24.2 Å². The van der Waals surface area contributed by atoms with E-state index in [1.165, 1.54) is 5.01 Å². The highest BCUT2D eigenvalue weighted by Crippen LogP contribution is 2.26. The Bertz CT molecular complexity index is 796. The van der Waals surface area contributed by atoms with E-state index in [0.29, 0.717) is 5.69 Å². The van der Waals surface area contributed by atoms with Crippen molar-refractivity contribution in [1.82, 2.24) is 5.32 Å². The van der Waals surface area contributed by atoms with Gasteiger partial charge >= 0.3 is 5.97 Å². The lowest BCUT2D eigenvalue weighted by molar-refractivity contribution is -0.146. The van der Waals surface area contributed by atoms with E-state index in [2.05, 4.69) is 10.4 Å². The second-order valence-corrected chi connectivity index (χ2v) is 6.69. The van der Waals surface area contributed by atoms with Crippen LogP contribution in [0.2, 0.25) is 0 Å². The minimum absolute atomic E-state index is 0.0824. The summed E-state index contributed by atoms with van der Waals surface area (Å²) in [7, 11) is 0. The zero-order valence-corrected chi connectivity index (χ0v) is 14.7. The van der Waals surface area contributed by atoms with Gasteiger partial charge in [-0.25, -0.2) is 9.80 Å². The summed E-state index contributed by atoms with van der Waals surface area (Å²) in [5.74, 6) is -1.92. The molecule has 1 fully saturated rings. The van der Waals surface area contributed by atoms with E-state index in [1.807, 2.05) is 32.0 Å². The number of carboxylic acid groups (broad SMARTS) is 1. The molecule has 3 rings (SSSR count). The molecule has 0 saturated carbocycles. The number of aliphatic carboxylic acids is 1. The lowest BCUT2D eigenvalue weighted by atomic mass is 9.98. The largest absolute Gasteiger partial charge is 0.479 e. The van der Waals surface area contributed by atoms with Crippen LogP contribution in [0, 0.1) is 13.8 Å². The zero-order valence-electron chi connectivity index (χ0n) is 14.7. The van der Waals surface area contributed by atoms with Crippen molar-refractivity contribution in [2.24, 2.45) is 5.10 Å². The maximum Gasteiger partial charge on any atom is 0.331 e. The van der Waals surface area contributed by atoms with E-state index in [-0.39, 0.29) is 44.1 Å². The van der Waals surface area contributed by atoms with E-state index in [9.17, 15) is 19.5 Å².